The lowest BCUT2D eigenvalue weighted by atomic mass is 9.54. The van der Waals surface area contributed by atoms with Gasteiger partial charge < -0.3 is 15.4 Å². The fourth-order valence-corrected chi connectivity index (χ4v) is 5.54. The fraction of sp³-hybridized carbons (Fsp3) is 0.600. The van der Waals surface area contributed by atoms with Crippen molar-refractivity contribution in [3.05, 3.63) is 29.8 Å². The lowest BCUT2D eigenvalue weighted by molar-refractivity contribution is -0.121. The molecule has 0 spiro atoms. The van der Waals surface area contributed by atoms with Crippen LogP contribution in [0.1, 0.15) is 37.7 Å². The van der Waals surface area contributed by atoms with Gasteiger partial charge in [0.25, 0.3) is 5.91 Å². The number of carbonyl (C=O) groups is 1. The Balaban J connectivity index is 1.24. The van der Waals surface area contributed by atoms with Crippen molar-refractivity contribution < 1.29 is 9.53 Å². The van der Waals surface area contributed by atoms with Gasteiger partial charge >= 0.3 is 0 Å². The van der Waals surface area contributed by atoms with E-state index in [4.69, 9.17) is 17.0 Å². The molecule has 4 nitrogen and oxygen atoms in total. The van der Waals surface area contributed by atoms with Crippen molar-refractivity contribution in [3.63, 3.8) is 0 Å². The first kappa shape index (κ1) is 16.8. The van der Waals surface area contributed by atoms with Gasteiger partial charge in [-0.05, 0) is 87.1 Å². The number of thiocarbonyl (C=S) groups is 1. The van der Waals surface area contributed by atoms with Crippen molar-refractivity contribution in [2.24, 2.45) is 23.7 Å². The molecule has 0 aliphatic heterocycles. The van der Waals surface area contributed by atoms with Gasteiger partial charge in [0, 0.05) is 6.04 Å². The van der Waals surface area contributed by atoms with Crippen LogP contribution in [0.25, 0.3) is 0 Å². The van der Waals surface area contributed by atoms with Crippen LogP contribution in [0.3, 0.4) is 0 Å². The van der Waals surface area contributed by atoms with Gasteiger partial charge in [-0.1, -0.05) is 17.7 Å². The second-order valence-corrected chi connectivity index (χ2v) is 8.49. The van der Waals surface area contributed by atoms with Gasteiger partial charge in [-0.3, -0.25) is 4.79 Å². The highest BCUT2D eigenvalue weighted by Gasteiger charge is 2.48. The van der Waals surface area contributed by atoms with Crippen LogP contribution in [0.4, 0.5) is 0 Å². The maximum Gasteiger partial charge on any atom is 0.264 e. The summed E-state index contributed by atoms with van der Waals surface area (Å²) in [6.45, 7) is 2.00. The predicted molar refractivity (Wildman–Crippen MR) is 101 cm³/mol. The summed E-state index contributed by atoms with van der Waals surface area (Å²) >= 11 is 5.38. The topological polar surface area (TPSA) is 50.4 Å². The molecule has 2 N–H and O–H groups in total. The van der Waals surface area contributed by atoms with Gasteiger partial charge in [-0.15, -0.1) is 0 Å². The Morgan fingerprint density at radius 3 is 2.28 bits per heavy atom. The SMILES string of the molecule is Cc1ccc(OCC(=O)NC(=S)NC2C3CC4CC(C3)CC2C4)cc1. The van der Waals surface area contributed by atoms with Gasteiger partial charge in [0.05, 0.1) is 0 Å². The molecule has 4 bridgehead atoms. The van der Waals surface area contributed by atoms with Crippen LogP contribution in [0.15, 0.2) is 24.3 Å². The lowest BCUT2D eigenvalue weighted by Gasteiger charge is -2.54. The van der Waals surface area contributed by atoms with E-state index in [1.54, 1.807) is 0 Å². The molecular weight excluding hydrogens is 332 g/mol. The predicted octanol–water partition coefficient (Wildman–Crippen LogP) is 3.19. The average molecular weight is 359 g/mol. The number of hydrogen-bond donors (Lipinski definition) is 2. The summed E-state index contributed by atoms with van der Waals surface area (Å²) < 4.78 is 5.51. The van der Waals surface area contributed by atoms with E-state index in [1.807, 2.05) is 31.2 Å². The standard InChI is InChI=1S/C20H26N2O2S/c1-12-2-4-17(5-3-12)24-11-18(23)21-20(25)22-19-15-7-13-6-14(9-15)10-16(19)8-13/h2-5,13-16,19H,6-11H2,1H3,(H2,21,22,23,25). The molecule has 4 aliphatic rings. The first-order valence-corrected chi connectivity index (χ1v) is 9.77. The molecule has 0 aromatic heterocycles. The zero-order valence-corrected chi connectivity index (χ0v) is 15.5. The molecule has 4 fully saturated rings. The van der Waals surface area contributed by atoms with Crippen molar-refractivity contribution in [1.82, 2.24) is 10.6 Å². The highest BCUT2D eigenvalue weighted by atomic mass is 32.1. The van der Waals surface area contributed by atoms with E-state index in [1.165, 1.54) is 32.1 Å². The minimum atomic E-state index is -0.207. The molecule has 1 aromatic carbocycles. The van der Waals surface area contributed by atoms with E-state index in [9.17, 15) is 4.79 Å². The number of carbonyl (C=O) groups excluding carboxylic acids is 1. The maximum absolute atomic E-state index is 12.1. The Labute approximate surface area is 154 Å². The normalized spacial score (nSPS) is 32.3. The molecule has 5 rings (SSSR count). The largest absolute Gasteiger partial charge is 0.484 e. The lowest BCUT2D eigenvalue weighted by Crippen LogP contribution is -2.58. The number of amides is 1. The summed E-state index contributed by atoms with van der Waals surface area (Å²) in [6.07, 6.45) is 6.77. The van der Waals surface area contributed by atoms with E-state index in [-0.39, 0.29) is 12.5 Å². The molecular formula is C20H26N2O2S. The summed E-state index contributed by atoms with van der Waals surface area (Å²) in [5.41, 5.74) is 1.16. The molecule has 1 aromatic rings. The molecule has 1 amide bonds. The highest BCUT2D eigenvalue weighted by molar-refractivity contribution is 7.80. The minimum Gasteiger partial charge on any atom is -0.484 e. The molecule has 0 atom stereocenters. The monoisotopic (exact) mass is 358 g/mol. The van der Waals surface area contributed by atoms with Crippen LogP contribution in [0.5, 0.6) is 5.75 Å². The molecule has 4 aliphatic carbocycles. The second-order valence-electron chi connectivity index (χ2n) is 8.08. The van der Waals surface area contributed by atoms with Gasteiger partial charge in [0.1, 0.15) is 5.75 Å². The third kappa shape index (κ3) is 3.81. The number of nitrogens with one attached hydrogen (secondary N) is 2. The van der Waals surface area contributed by atoms with Crippen molar-refractivity contribution >= 4 is 23.2 Å². The van der Waals surface area contributed by atoms with Crippen molar-refractivity contribution in [1.29, 1.82) is 0 Å². The Hall–Kier alpha value is -1.62. The second kappa shape index (κ2) is 6.94. The van der Waals surface area contributed by atoms with Crippen LogP contribution in [0.2, 0.25) is 0 Å². The summed E-state index contributed by atoms with van der Waals surface area (Å²) in [5.74, 6) is 3.82. The molecule has 0 radical (unpaired) electrons. The zero-order chi connectivity index (χ0) is 17.4. The van der Waals surface area contributed by atoms with E-state index in [0.29, 0.717) is 16.9 Å². The van der Waals surface area contributed by atoms with Gasteiger partial charge in [-0.25, -0.2) is 0 Å². The van der Waals surface area contributed by atoms with Crippen LogP contribution >= 0.6 is 12.2 Å². The van der Waals surface area contributed by atoms with Crippen LogP contribution in [-0.4, -0.2) is 23.7 Å². The molecule has 25 heavy (non-hydrogen) atoms. The molecule has 5 heteroatoms. The quantitative estimate of drug-likeness (QED) is 0.812. The molecule has 134 valence electrons. The Morgan fingerprint density at radius 1 is 1.08 bits per heavy atom. The Bertz CT molecular complexity index is 630. The highest BCUT2D eigenvalue weighted by Crippen LogP contribution is 2.53. The van der Waals surface area contributed by atoms with Crippen LogP contribution in [0, 0.1) is 30.6 Å². The maximum atomic E-state index is 12.1. The third-order valence-corrected chi connectivity index (χ3v) is 6.39. The van der Waals surface area contributed by atoms with Crippen molar-refractivity contribution in [3.8, 4) is 5.75 Å². The number of ether oxygens (including phenoxy) is 1. The third-order valence-electron chi connectivity index (χ3n) is 6.17. The molecule has 4 saturated carbocycles. The Morgan fingerprint density at radius 2 is 1.68 bits per heavy atom. The summed E-state index contributed by atoms with van der Waals surface area (Å²) in [7, 11) is 0. The first-order chi connectivity index (χ1) is 12.1. The summed E-state index contributed by atoms with van der Waals surface area (Å²) in [4.78, 5) is 12.1. The molecule has 0 heterocycles. The zero-order valence-electron chi connectivity index (χ0n) is 14.7. The van der Waals surface area contributed by atoms with E-state index >= 15 is 0 Å². The van der Waals surface area contributed by atoms with E-state index in [2.05, 4.69) is 10.6 Å². The molecule has 0 saturated heterocycles. The smallest absolute Gasteiger partial charge is 0.264 e. The summed E-state index contributed by atoms with van der Waals surface area (Å²) in [5, 5.41) is 6.67. The fourth-order valence-electron chi connectivity index (χ4n) is 5.29. The van der Waals surface area contributed by atoms with E-state index < -0.39 is 0 Å². The number of hydrogen-bond acceptors (Lipinski definition) is 3. The van der Waals surface area contributed by atoms with Gasteiger partial charge in [0.15, 0.2) is 11.7 Å². The minimum absolute atomic E-state index is 0.0213. The van der Waals surface area contributed by atoms with E-state index in [0.717, 1.165) is 29.2 Å². The van der Waals surface area contributed by atoms with Gasteiger partial charge in [0.2, 0.25) is 0 Å². The van der Waals surface area contributed by atoms with Crippen molar-refractivity contribution in [2.75, 3.05) is 6.61 Å². The first-order valence-electron chi connectivity index (χ1n) is 9.36. The van der Waals surface area contributed by atoms with Crippen LogP contribution < -0.4 is 15.4 Å². The van der Waals surface area contributed by atoms with Gasteiger partial charge in [-0.2, -0.15) is 0 Å². The average Bonchev–Trinajstić information content (AvgIpc) is 2.57. The number of aryl methyl sites for hydroxylation is 1. The molecule has 0 unspecified atom stereocenters. The number of benzene rings is 1. The van der Waals surface area contributed by atoms with Crippen molar-refractivity contribution in [2.45, 2.75) is 45.1 Å². The van der Waals surface area contributed by atoms with Crippen LogP contribution in [-0.2, 0) is 4.79 Å². The summed E-state index contributed by atoms with van der Waals surface area (Å²) in [6, 6.07) is 8.11. The number of rotatable bonds is 4. The Kier molecular flexibility index (Phi) is 4.67.